The molecule has 5 aliphatic carbocycles. The van der Waals surface area contributed by atoms with Crippen LogP contribution >= 0.6 is 0 Å². The number of alkyl carbamates (subject to hydrolysis) is 1. The van der Waals surface area contributed by atoms with Crippen LogP contribution in [0.1, 0.15) is 141 Å². The molecule has 0 saturated heterocycles. The van der Waals surface area contributed by atoms with Gasteiger partial charge in [0, 0.05) is 19.3 Å². The Morgan fingerprint density at radius 1 is 0.881 bits per heavy atom. The van der Waals surface area contributed by atoms with Crippen molar-refractivity contribution < 1.29 is 20.5 Å². The third kappa shape index (κ3) is 4.59. The summed E-state index contributed by atoms with van der Waals surface area (Å²) in [4.78, 5) is 25.4. The van der Waals surface area contributed by atoms with Crippen molar-refractivity contribution in [2.24, 2.45) is 51.2 Å². The molecule has 5 rings (SSSR count). The quantitative estimate of drug-likeness (QED) is 0.258. The smallest absolute Gasteiger partial charge is 0.408 e. The van der Waals surface area contributed by atoms with E-state index in [2.05, 4.69) is 60.4 Å². The van der Waals surface area contributed by atoms with E-state index in [-0.39, 0.29) is 46.8 Å². The lowest BCUT2D eigenvalue weighted by Crippen LogP contribution is -2.69. The molecule has 0 bridgehead atoms. The summed E-state index contributed by atoms with van der Waals surface area (Å²) in [6.07, 6.45) is 11.9. The third-order valence-corrected chi connectivity index (χ3v) is 14.9. The lowest BCUT2D eigenvalue weighted by Gasteiger charge is -2.73. The molecule has 0 aliphatic heterocycles. The van der Waals surface area contributed by atoms with Crippen molar-refractivity contribution in [2.45, 2.75) is 157 Å². The highest BCUT2D eigenvalue weighted by Crippen LogP contribution is 2.76. The number of nitrogens with one attached hydrogen (secondary N) is 1. The molecule has 5 aliphatic rings. The van der Waals surface area contributed by atoms with Gasteiger partial charge >= 0.3 is 12.1 Å². The van der Waals surface area contributed by atoms with Gasteiger partial charge in [0.25, 0.3) is 0 Å². The second kappa shape index (κ2) is 10.3. The Morgan fingerprint density at radius 2 is 1.57 bits per heavy atom. The molecule has 5 fully saturated rings. The van der Waals surface area contributed by atoms with Crippen LogP contribution in [-0.4, -0.2) is 29.3 Å². The standard InChI is InChI=1S/C37H61NO4.H2/c1-12-32(5,6)42-31(40)38-37-20-15-25(23(2)3)30(37)26-13-14-28-34(9)18-17-29(41-24(4)39)33(7,8)27(34)16-19-36(28,11)35(26,10)21-22-37;/h25-30H,2,12-22H2,1,3-11H3,(H,38,40);1H/t25-,26+,27-,28+,29-,30+,34-,35+,36+,37-;/m0./s1. The van der Waals surface area contributed by atoms with E-state index in [0.717, 1.165) is 44.9 Å². The molecule has 5 heteroatoms. The maximum atomic E-state index is 13.4. The van der Waals surface area contributed by atoms with Gasteiger partial charge in [0.05, 0.1) is 0 Å². The van der Waals surface area contributed by atoms with Crippen LogP contribution in [0, 0.1) is 51.2 Å². The second-order valence-electron chi connectivity index (χ2n) is 17.4. The molecule has 0 aromatic carbocycles. The first-order valence-corrected chi connectivity index (χ1v) is 17.2. The molecule has 42 heavy (non-hydrogen) atoms. The van der Waals surface area contributed by atoms with Crippen LogP contribution in [0.3, 0.4) is 0 Å². The molecule has 0 aromatic rings. The number of amides is 1. The number of hydrogen-bond acceptors (Lipinski definition) is 4. The number of allylic oxidation sites excluding steroid dienone is 1. The number of hydrogen-bond donors (Lipinski definition) is 1. The molecule has 0 heterocycles. The van der Waals surface area contributed by atoms with E-state index in [1.807, 2.05) is 13.8 Å². The predicted octanol–water partition coefficient (Wildman–Crippen LogP) is 9.49. The fraction of sp³-hybridized carbons (Fsp3) is 0.892. The minimum Gasteiger partial charge on any atom is -0.462 e. The fourth-order valence-electron chi connectivity index (χ4n) is 12.3. The number of esters is 1. The van der Waals surface area contributed by atoms with E-state index in [1.54, 1.807) is 6.92 Å². The van der Waals surface area contributed by atoms with E-state index >= 15 is 0 Å². The molecule has 240 valence electrons. The fourth-order valence-corrected chi connectivity index (χ4v) is 12.3. The van der Waals surface area contributed by atoms with Crippen molar-refractivity contribution in [3.63, 3.8) is 0 Å². The highest BCUT2D eigenvalue weighted by atomic mass is 16.6. The Labute approximate surface area is 258 Å². The Kier molecular flexibility index (Phi) is 7.79. The summed E-state index contributed by atoms with van der Waals surface area (Å²) in [6.45, 7) is 27.0. The number of fused-ring (bicyclic) bond motifs is 7. The van der Waals surface area contributed by atoms with Crippen molar-refractivity contribution in [3.8, 4) is 0 Å². The van der Waals surface area contributed by atoms with Gasteiger partial charge in [-0.05, 0) is 137 Å². The van der Waals surface area contributed by atoms with Gasteiger partial charge in [-0.3, -0.25) is 4.79 Å². The average Bonchev–Trinajstić information content (AvgIpc) is 3.25. The Hall–Kier alpha value is -1.52. The molecular weight excluding hydrogens is 522 g/mol. The maximum absolute atomic E-state index is 13.4. The molecular formula is C37H63NO4. The predicted molar refractivity (Wildman–Crippen MR) is 171 cm³/mol. The summed E-state index contributed by atoms with van der Waals surface area (Å²) in [5.41, 5.74) is 1.28. The zero-order chi connectivity index (χ0) is 31.1. The summed E-state index contributed by atoms with van der Waals surface area (Å²) >= 11 is 0. The van der Waals surface area contributed by atoms with Gasteiger partial charge < -0.3 is 14.8 Å². The van der Waals surface area contributed by atoms with Gasteiger partial charge in [-0.25, -0.2) is 4.79 Å². The highest BCUT2D eigenvalue weighted by molar-refractivity contribution is 5.69. The topological polar surface area (TPSA) is 64.6 Å². The molecule has 0 radical (unpaired) electrons. The van der Waals surface area contributed by atoms with E-state index < -0.39 is 5.60 Å². The van der Waals surface area contributed by atoms with Gasteiger partial charge in [0.2, 0.25) is 0 Å². The first-order chi connectivity index (χ1) is 19.4. The molecule has 1 N–H and O–H groups in total. The average molecular weight is 586 g/mol. The first-order valence-electron chi connectivity index (χ1n) is 17.2. The van der Waals surface area contributed by atoms with Crippen LogP contribution in [0.15, 0.2) is 12.2 Å². The zero-order valence-electron chi connectivity index (χ0n) is 28.6. The molecule has 0 aromatic heterocycles. The largest absolute Gasteiger partial charge is 0.462 e. The minimum atomic E-state index is -0.465. The van der Waals surface area contributed by atoms with Crippen LogP contribution in [0.4, 0.5) is 4.79 Å². The van der Waals surface area contributed by atoms with Crippen LogP contribution in [0.25, 0.3) is 0 Å². The molecule has 0 spiro atoms. The Bertz CT molecular complexity index is 1120. The number of carbonyl (C=O) groups is 2. The summed E-state index contributed by atoms with van der Waals surface area (Å²) in [5.74, 6) is 2.47. The summed E-state index contributed by atoms with van der Waals surface area (Å²) < 4.78 is 11.9. The third-order valence-electron chi connectivity index (χ3n) is 14.9. The number of ether oxygens (including phenoxy) is 2. The van der Waals surface area contributed by atoms with Gasteiger partial charge in [-0.1, -0.05) is 53.7 Å². The molecule has 5 saturated carbocycles. The van der Waals surface area contributed by atoms with Gasteiger partial charge in [0.1, 0.15) is 11.7 Å². The van der Waals surface area contributed by atoms with Crippen molar-refractivity contribution in [2.75, 3.05) is 0 Å². The molecule has 5 nitrogen and oxygen atoms in total. The maximum Gasteiger partial charge on any atom is 0.408 e. The van der Waals surface area contributed by atoms with E-state index in [9.17, 15) is 9.59 Å². The van der Waals surface area contributed by atoms with Crippen molar-refractivity contribution in [1.29, 1.82) is 0 Å². The van der Waals surface area contributed by atoms with Gasteiger partial charge in [0.15, 0.2) is 0 Å². The monoisotopic (exact) mass is 585 g/mol. The van der Waals surface area contributed by atoms with E-state index in [0.29, 0.717) is 29.6 Å². The van der Waals surface area contributed by atoms with E-state index in [4.69, 9.17) is 9.47 Å². The van der Waals surface area contributed by atoms with Crippen molar-refractivity contribution in [3.05, 3.63) is 12.2 Å². The SMILES string of the molecule is C=C(C)[C@@H]1CC[C@]2(NC(=O)OC(C)(C)CC)CC[C@]3(C)[C@H](CC[C@@H]4[C@@]5(C)CC[C@H](OC(C)=O)C(C)(C)[C@@H]5CC[C@]43C)[C@@H]12.[HH]. The number of rotatable bonds is 5. The van der Waals surface area contributed by atoms with Gasteiger partial charge in [-0.2, -0.15) is 0 Å². The number of carbonyl (C=O) groups excluding carboxylic acids is 2. The second-order valence-corrected chi connectivity index (χ2v) is 17.4. The lowest BCUT2D eigenvalue weighted by molar-refractivity contribution is -0.245. The molecule has 0 unspecified atom stereocenters. The first kappa shape index (κ1) is 31.9. The summed E-state index contributed by atoms with van der Waals surface area (Å²) in [7, 11) is 0. The van der Waals surface area contributed by atoms with Crippen LogP contribution in [-0.2, 0) is 14.3 Å². The Morgan fingerprint density at radius 3 is 2.19 bits per heavy atom. The zero-order valence-corrected chi connectivity index (χ0v) is 28.6. The lowest BCUT2D eigenvalue weighted by atomic mass is 9.32. The highest BCUT2D eigenvalue weighted by Gasteiger charge is 2.71. The molecule has 1 amide bonds. The summed E-state index contributed by atoms with van der Waals surface area (Å²) in [6, 6.07) is 0. The van der Waals surface area contributed by atoms with Crippen LogP contribution in [0.2, 0.25) is 0 Å². The summed E-state index contributed by atoms with van der Waals surface area (Å²) in [5, 5.41) is 3.54. The van der Waals surface area contributed by atoms with Crippen molar-refractivity contribution >= 4 is 12.1 Å². The van der Waals surface area contributed by atoms with Crippen LogP contribution in [0.5, 0.6) is 0 Å². The van der Waals surface area contributed by atoms with Gasteiger partial charge in [-0.15, -0.1) is 0 Å². The van der Waals surface area contributed by atoms with Crippen LogP contribution < -0.4 is 5.32 Å². The normalized spacial score (nSPS) is 45.9. The minimum absolute atomic E-state index is 0. The van der Waals surface area contributed by atoms with E-state index in [1.165, 1.54) is 31.3 Å². The Balaban J connectivity index is 0.00000423. The molecule has 10 atom stereocenters. The van der Waals surface area contributed by atoms with Crippen molar-refractivity contribution in [1.82, 2.24) is 5.32 Å².